The SMILES string of the molecule is CC[C@H](C)N1C[C@]23C=C[C@H](O2)[C@H](C(=O)OCc2ccccc2)[C@@H]3C1=O. The van der Waals surface area contributed by atoms with Crippen LogP contribution in [0.4, 0.5) is 0 Å². The van der Waals surface area contributed by atoms with Crippen LogP contribution in [0.15, 0.2) is 42.5 Å². The Hall–Kier alpha value is -2.14. The van der Waals surface area contributed by atoms with Crippen LogP contribution in [0.25, 0.3) is 0 Å². The van der Waals surface area contributed by atoms with Crippen LogP contribution < -0.4 is 0 Å². The van der Waals surface area contributed by atoms with Crippen LogP contribution in [-0.4, -0.2) is 41.1 Å². The molecular formula is C20H23NO4. The van der Waals surface area contributed by atoms with E-state index in [1.807, 2.05) is 54.3 Å². The van der Waals surface area contributed by atoms with Crippen molar-refractivity contribution in [1.82, 2.24) is 4.90 Å². The molecule has 0 unspecified atom stereocenters. The lowest BCUT2D eigenvalue weighted by atomic mass is 9.77. The van der Waals surface area contributed by atoms with Crippen molar-refractivity contribution in [2.24, 2.45) is 11.8 Å². The summed E-state index contributed by atoms with van der Waals surface area (Å²) in [6, 6.07) is 9.71. The molecule has 1 amide bonds. The number of esters is 1. The Morgan fingerprint density at radius 2 is 2.16 bits per heavy atom. The first kappa shape index (κ1) is 16.3. The fourth-order valence-corrected chi connectivity index (χ4v) is 4.22. The second-order valence-corrected chi connectivity index (χ2v) is 7.22. The monoisotopic (exact) mass is 341 g/mol. The van der Waals surface area contributed by atoms with Gasteiger partial charge in [-0.2, -0.15) is 0 Å². The molecule has 0 saturated carbocycles. The first-order valence-electron chi connectivity index (χ1n) is 8.94. The van der Waals surface area contributed by atoms with E-state index in [-0.39, 0.29) is 30.6 Å². The summed E-state index contributed by atoms with van der Waals surface area (Å²) < 4.78 is 11.6. The van der Waals surface area contributed by atoms with Gasteiger partial charge < -0.3 is 14.4 Å². The fourth-order valence-electron chi connectivity index (χ4n) is 4.22. The molecule has 2 saturated heterocycles. The Morgan fingerprint density at radius 1 is 1.40 bits per heavy atom. The van der Waals surface area contributed by atoms with Crippen molar-refractivity contribution in [3.8, 4) is 0 Å². The van der Waals surface area contributed by atoms with Crippen LogP contribution in [0.5, 0.6) is 0 Å². The third-order valence-corrected chi connectivity index (χ3v) is 5.75. The van der Waals surface area contributed by atoms with E-state index in [0.29, 0.717) is 6.54 Å². The minimum absolute atomic E-state index is 0.0165. The predicted molar refractivity (Wildman–Crippen MR) is 91.4 cm³/mol. The molecule has 0 aliphatic carbocycles. The summed E-state index contributed by atoms with van der Waals surface area (Å²) >= 11 is 0. The molecule has 0 aromatic heterocycles. The summed E-state index contributed by atoms with van der Waals surface area (Å²) in [5.74, 6) is -1.33. The van der Waals surface area contributed by atoms with Gasteiger partial charge in [-0.1, -0.05) is 49.4 Å². The number of hydrogen-bond donors (Lipinski definition) is 0. The molecule has 1 spiro atoms. The quantitative estimate of drug-likeness (QED) is 0.609. The Balaban J connectivity index is 1.52. The number of likely N-dealkylation sites (tertiary alicyclic amines) is 1. The van der Waals surface area contributed by atoms with Gasteiger partial charge in [0.05, 0.1) is 18.6 Å². The second-order valence-electron chi connectivity index (χ2n) is 7.22. The predicted octanol–water partition coefficient (Wildman–Crippen LogP) is 2.31. The maximum atomic E-state index is 13.0. The molecule has 2 fully saturated rings. The van der Waals surface area contributed by atoms with E-state index in [1.54, 1.807) is 0 Å². The lowest BCUT2D eigenvalue weighted by Gasteiger charge is -2.26. The largest absolute Gasteiger partial charge is 0.460 e. The molecule has 0 radical (unpaired) electrons. The number of fused-ring (bicyclic) bond motifs is 1. The standard InChI is InChI=1S/C20H23NO4/c1-3-13(2)21-12-20-10-9-15(25-20)16(17(20)18(21)22)19(23)24-11-14-7-5-4-6-8-14/h4-10,13,15-17H,3,11-12H2,1-2H3/t13-,15-,16-,17+,20-/m0/s1. The first-order chi connectivity index (χ1) is 12.1. The second kappa shape index (κ2) is 5.99. The van der Waals surface area contributed by atoms with Crippen molar-refractivity contribution in [3.63, 3.8) is 0 Å². The van der Waals surface area contributed by atoms with E-state index in [4.69, 9.17) is 9.47 Å². The van der Waals surface area contributed by atoms with E-state index >= 15 is 0 Å². The highest BCUT2D eigenvalue weighted by molar-refractivity contribution is 5.91. The molecule has 5 nitrogen and oxygen atoms in total. The van der Waals surface area contributed by atoms with Crippen molar-refractivity contribution < 1.29 is 19.1 Å². The summed E-state index contributed by atoms with van der Waals surface area (Å²) in [6.07, 6.45) is 4.42. The minimum Gasteiger partial charge on any atom is -0.460 e. The summed E-state index contributed by atoms with van der Waals surface area (Å²) in [4.78, 5) is 27.6. The highest BCUT2D eigenvalue weighted by Crippen LogP contribution is 2.52. The van der Waals surface area contributed by atoms with Crippen LogP contribution in [0.1, 0.15) is 25.8 Å². The van der Waals surface area contributed by atoms with Gasteiger partial charge in [-0.25, -0.2) is 0 Å². The number of rotatable bonds is 5. The number of ether oxygens (including phenoxy) is 2. The maximum Gasteiger partial charge on any atom is 0.313 e. The third-order valence-electron chi connectivity index (χ3n) is 5.75. The molecular weight excluding hydrogens is 318 g/mol. The highest BCUT2D eigenvalue weighted by atomic mass is 16.6. The van der Waals surface area contributed by atoms with Gasteiger partial charge in [0, 0.05) is 6.04 Å². The van der Waals surface area contributed by atoms with E-state index < -0.39 is 17.4 Å². The van der Waals surface area contributed by atoms with Gasteiger partial charge in [-0.15, -0.1) is 0 Å². The molecule has 3 aliphatic heterocycles. The van der Waals surface area contributed by atoms with E-state index in [9.17, 15) is 9.59 Å². The van der Waals surface area contributed by atoms with E-state index in [2.05, 4.69) is 6.92 Å². The Bertz CT molecular complexity index is 716. The number of benzene rings is 1. The molecule has 3 aliphatic rings. The molecule has 132 valence electrons. The Labute approximate surface area is 147 Å². The van der Waals surface area contributed by atoms with Gasteiger partial charge in [0.25, 0.3) is 0 Å². The van der Waals surface area contributed by atoms with Crippen molar-refractivity contribution in [2.75, 3.05) is 6.54 Å². The zero-order valence-corrected chi connectivity index (χ0v) is 14.6. The smallest absolute Gasteiger partial charge is 0.313 e. The lowest BCUT2D eigenvalue weighted by Crippen LogP contribution is -2.41. The fraction of sp³-hybridized carbons (Fsp3) is 0.500. The number of carbonyl (C=O) groups is 2. The number of nitrogens with zero attached hydrogens (tertiary/aromatic N) is 1. The van der Waals surface area contributed by atoms with Gasteiger partial charge >= 0.3 is 5.97 Å². The van der Waals surface area contributed by atoms with Crippen LogP contribution in [0, 0.1) is 11.8 Å². The number of amides is 1. The molecule has 1 aromatic rings. The van der Waals surface area contributed by atoms with Gasteiger partial charge in [-0.05, 0) is 18.9 Å². The number of hydrogen-bond acceptors (Lipinski definition) is 4. The molecule has 25 heavy (non-hydrogen) atoms. The average molecular weight is 341 g/mol. The van der Waals surface area contributed by atoms with Crippen molar-refractivity contribution in [2.45, 2.75) is 44.6 Å². The normalized spacial score (nSPS) is 33.6. The van der Waals surface area contributed by atoms with Gasteiger partial charge in [0.1, 0.15) is 18.1 Å². The third kappa shape index (κ3) is 2.49. The molecule has 0 N–H and O–H groups in total. The zero-order valence-electron chi connectivity index (χ0n) is 14.6. The summed E-state index contributed by atoms with van der Waals surface area (Å²) in [5.41, 5.74) is 0.283. The van der Waals surface area contributed by atoms with Crippen LogP contribution >= 0.6 is 0 Å². The summed E-state index contributed by atoms with van der Waals surface area (Å²) in [7, 11) is 0. The number of carbonyl (C=O) groups excluding carboxylic acids is 2. The van der Waals surface area contributed by atoms with Gasteiger partial charge in [0.2, 0.25) is 5.91 Å². The molecule has 2 bridgehead atoms. The van der Waals surface area contributed by atoms with E-state index in [1.165, 1.54) is 0 Å². The van der Waals surface area contributed by atoms with Gasteiger partial charge in [0.15, 0.2) is 0 Å². The van der Waals surface area contributed by atoms with E-state index in [0.717, 1.165) is 12.0 Å². The zero-order chi connectivity index (χ0) is 17.6. The van der Waals surface area contributed by atoms with Crippen molar-refractivity contribution in [1.29, 1.82) is 0 Å². The summed E-state index contributed by atoms with van der Waals surface area (Å²) in [6.45, 7) is 4.84. The Morgan fingerprint density at radius 3 is 2.88 bits per heavy atom. The minimum atomic E-state index is -0.651. The molecule has 4 rings (SSSR count). The van der Waals surface area contributed by atoms with Crippen LogP contribution in [0.3, 0.4) is 0 Å². The maximum absolute atomic E-state index is 13.0. The van der Waals surface area contributed by atoms with Crippen LogP contribution in [-0.2, 0) is 25.7 Å². The average Bonchev–Trinajstić information content (AvgIpc) is 3.28. The Kier molecular flexibility index (Phi) is 3.91. The molecule has 1 aromatic carbocycles. The van der Waals surface area contributed by atoms with Crippen molar-refractivity contribution in [3.05, 3.63) is 48.0 Å². The first-order valence-corrected chi connectivity index (χ1v) is 8.94. The topological polar surface area (TPSA) is 55.8 Å². The lowest BCUT2D eigenvalue weighted by molar-refractivity contribution is -0.155. The molecule has 5 heteroatoms. The van der Waals surface area contributed by atoms with Crippen molar-refractivity contribution >= 4 is 11.9 Å². The highest BCUT2D eigenvalue weighted by Gasteiger charge is 2.67. The van der Waals surface area contributed by atoms with Crippen LogP contribution in [0.2, 0.25) is 0 Å². The molecule has 5 atom stereocenters. The van der Waals surface area contributed by atoms with Gasteiger partial charge in [-0.3, -0.25) is 9.59 Å². The molecule has 3 heterocycles. The summed E-state index contributed by atoms with van der Waals surface area (Å²) in [5, 5.41) is 0.